The zero-order valence-corrected chi connectivity index (χ0v) is 13.8. The third kappa shape index (κ3) is 6.22. The fourth-order valence-electron chi connectivity index (χ4n) is 2.44. The summed E-state index contributed by atoms with van der Waals surface area (Å²) < 4.78 is 10.6. The van der Waals surface area contributed by atoms with Gasteiger partial charge < -0.3 is 20.1 Å². The molecular formula is C16H25ClN2O3. The summed E-state index contributed by atoms with van der Waals surface area (Å²) in [5.41, 5.74) is 0.725. The van der Waals surface area contributed by atoms with Crippen molar-refractivity contribution in [3.63, 3.8) is 0 Å². The molecule has 0 spiro atoms. The Hall–Kier alpha value is -1.30. The summed E-state index contributed by atoms with van der Waals surface area (Å²) in [6.45, 7) is 3.10. The third-order valence-electron chi connectivity index (χ3n) is 3.65. The zero-order valence-electron chi connectivity index (χ0n) is 13.0. The van der Waals surface area contributed by atoms with Gasteiger partial charge in [-0.2, -0.15) is 0 Å². The fraction of sp³-hybridized carbons (Fsp3) is 0.562. The highest BCUT2D eigenvalue weighted by molar-refractivity contribution is 5.92. The third-order valence-corrected chi connectivity index (χ3v) is 3.65. The van der Waals surface area contributed by atoms with Crippen LogP contribution in [-0.2, 0) is 9.53 Å². The second kappa shape index (κ2) is 10.4. The Morgan fingerprint density at radius 2 is 2.18 bits per heavy atom. The van der Waals surface area contributed by atoms with Crippen molar-refractivity contribution in [1.82, 2.24) is 5.32 Å². The number of hydrogen-bond acceptors (Lipinski definition) is 4. The molecule has 1 aromatic carbocycles. The molecule has 6 heteroatoms. The largest absolute Gasteiger partial charge is 0.489 e. The molecule has 0 aliphatic carbocycles. The number of anilines is 1. The van der Waals surface area contributed by atoms with Gasteiger partial charge in [0.15, 0.2) is 0 Å². The van der Waals surface area contributed by atoms with Crippen LogP contribution >= 0.6 is 12.4 Å². The highest BCUT2D eigenvalue weighted by atomic mass is 35.5. The van der Waals surface area contributed by atoms with Crippen molar-refractivity contribution >= 4 is 24.0 Å². The molecule has 0 bridgehead atoms. The molecule has 1 saturated heterocycles. The molecular weight excluding hydrogens is 304 g/mol. The molecule has 1 aromatic rings. The van der Waals surface area contributed by atoms with Crippen LogP contribution in [0.15, 0.2) is 24.3 Å². The van der Waals surface area contributed by atoms with E-state index in [0.717, 1.165) is 25.2 Å². The van der Waals surface area contributed by atoms with Crippen LogP contribution in [0.25, 0.3) is 0 Å². The molecule has 1 atom stereocenters. The lowest BCUT2D eigenvalue weighted by Crippen LogP contribution is -2.16. The second-order valence-electron chi connectivity index (χ2n) is 5.28. The molecule has 2 rings (SSSR count). The number of rotatable bonds is 8. The van der Waals surface area contributed by atoms with Gasteiger partial charge in [0.25, 0.3) is 0 Å². The topological polar surface area (TPSA) is 59.6 Å². The number of benzene rings is 1. The summed E-state index contributed by atoms with van der Waals surface area (Å²) in [5, 5.41) is 6.26. The van der Waals surface area contributed by atoms with E-state index in [4.69, 9.17) is 9.47 Å². The Balaban J connectivity index is 0.00000242. The Labute approximate surface area is 138 Å². The number of carbonyl (C=O) groups excluding carboxylic acids is 1. The molecule has 1 aliphatic rings. The van der Waals surface area contributed by atoms with Crippen molar-refractivity contribution in [2.24, 2.45) is 5.92 Å². The van der Waals surface area contributed by atoms with E-state index >= 15 is 0 Å². The smallest absolute Gasteiger partial charge is 0.224 e. The summed E-state index contributed by atoms with van der Waals surface area (Å²) in [5.74, 6) is 1.36. The van der Waals surface area contributed by atoms with Crippen LogP contribution in [0.3, 0.4) is 0 Å². The maximum atomic E-state index is 12.0. The standard InChI is InChI=1S/C16H24N2O3.ClH/c1-20-10-11-21-15-5-3-2-4-14(15)18-16(19)7-6-13-8-9-17-12-13;/h2-5,13,17H,6-12H2,1H3,(H,18,19);1H. The Bertz CT molecular complexity index is 451. The lowest BCUT2D eigenvalue weighted by atomic mass is 10.0. The molecule has 124 valence electrons. The summed E-state index contributed by atoms with van der Waals surface area (Å²) in [4.78, 5) is 12.0. The average molecular weight is 329 g/mol. The lowest BCUT2D eigenvalue weighted by molar-refractivity contribution is -0.116. The average Bonchev–Trinajstić information content (AvgIpc) is 3.00. The summed E-state index contributed by atoms with van der Waals surface area (Å²) >= 11 is 0. The number of ether oxygens (including phenoxy) is 2. The second-order valence-corrected chi connectivity index (χ2v) is 5.28. The van der Waals surface area contributed by atoms with E-state index in [-0.39, 0.29) is 18.3 Å². The van der Waals surface area contributed by atoms with Crippen LogP contribution < -0.4 is 15.4 Å². The van der Waals surface area contributed by atoms with Crippen molar-refractivity contribution in [1.29, 1.82) is 0 Å². The van der Waals surface area contributed by atoms with Gasteiger partial charge >= 0.3 is 0 Å². The van der Waals surface area contributed by atoms with E-state index < -0.39 is 0 Å². The minimum Gasteiger partial charge on any atom is -0.489 e. The lowest BCUT2D eigenvalue weighted by Gasteiger charge is -2.13. The summed E-state index contributed by atoms with van der Waals surface area (Å²) in [6, 6.07) is 7.49. The van der Waals surface area contributed by atoms with E-state index in [0.29, 0.717) is 31.3 Å². The van der Waals surface area contributed by atoms with Gasteiger partial charge in [-0.05, 0) is 44.0 Å². The monoisotopic (exact) mass is 328 g/mol. The van der Waals surface area contributed by atoms with Crippen molar-refractivity contribution < 1.29 is 14.3 Å². The molecule has 22 heavy (non-hydrogen) atoms. The minimum absolute atomic E-state index is 0. The van der Waals surface area contributed by atoms with Crippen molar-refractivity contribution in [2.75, 3.05) is 38.7 Å². The summed E-state index contributed by atoms with van der Waals surface area (Å²) in [7, 11) is 1.63. The van der Waals surface area contributed by atoms with Gasteiger partial charge in [-0.15, -0.1) is 12.4 Å². The van der Waals surface area contributed by atoms with E-state index in [1.807, 2.05) is 24.3 Å². The molecule has 1 heterocycles. The number of nitrogens with one attached hydrogen (secondary N) is 2. The predicted molar refractivity (Wildman–Crippen MR) is 89.9 cm³/mol. The number of methoxy groups -OCH3 is 1. The molecule has 0 aromatic heterocycles. The van der Waals surface area contributed by atoms with Crippen LogP contribution in [0.5, 0.6) is 5.75 Å². The molecule has 1 amide bonds. The Morgan fingerprint density at radius 3 is 2.91 bits per heavy atom. The van der Waals surface area contributed by atoms with E-state index in [2.05, 4.69) is 10.6 Å². The number of amides is 1. The highest BCUT2D eigenvalue weighted by Gasteiger charge is 2.16. The Morgan fingerprint density at radius 1 is 1.36 bits per heavy atom. The number of halogens is 1. The SMILES string of the molecule is COCCOc1ccccc1NC(=O)CCC1CCNC1.Cl. The first kappa shape index (κ1) is 18.7. The number of hydrogen-bond donors (Lipinski definition) is 2. The first-order chi connectivity index (χ1) is 10.3. The molecule has 2 N–H and O–H groups in total. The Kier molecular flexibility index (Phi) is 8.89. The molecule has 0 radical (unpaired) electrons. The van der Waals surface area contributed by atoms with Gasteiger partial charge in [0.2, 0.25) is 5.91 Å². The molecule has 5 nitrogen and oxygen atoms in total. The van der Waals surface area contributed by atoms with Crippen LogP contribution in [0.1, 0.15) is 19.3 Å². The van der Waals surface area contributed by atoms with E-state index in [1.54, 1.807) is 7.11 Å². The van der Waals surface area contributed by atoms with Crippen LogP contribution in [0.2, 0.25) is 0 Å². The quantitative estimate of drug-likeness (QED) is 0.720. The predicted octanol–water partition coefficient (Wildman–Crippen LogP) is 2.46. The van der Waals surface area contributed by atoms with Gasteiger partial charge in [-0.1, -0.05) is 12.1 Å². The minimum atomic E-state index is 0. The van der Waals surface area contributed by atoms with Crippen molar-refractivity contribution in [3.05, 3.63) is 24.3 Å². The number of carbonyl (C=O) groups is 1. The zero-order chi connectivity index (χ0) is 14.9. The first-order valence-electron chi connectivity index (χ1n) is 7.51. The molecule has 0 saturated carbocycles. The van der Waals surface area contributed by atoms with Crippen LogP contribution in [-0.4, -0.2) is 39.3 Å². The van der Waals surface area contributed by atoms with Crippen LogP contribution in [0.4, 0.5) is 5.69 Å². The van der Waals surface area contributed by atoms with E-state index in [9.17, 15) is 4.79 Å². The van der Waals surface area contributed by atoms with Crippen molar-refractivity contribution in [3.8, 4) is 5.75 Å². The van der Waals surface area contributed by atoms with Gasteiger partial charge in [-0.25, -0.2) is 0 Å². The van der Waals surface area contributed by atoms with Gasteiger partial charge in [0.1, 0.15) is 12.4 Å². The van der Waals surface area contributed by atoms with Gasteiger partial charge in [-0.3, -0.25) is 4.79 Å². The molecule has 1 aliphatic heterocycles. The normalized spacial score (nSPS) is 16.9. The number of para-hydroxylation sites is 2. The van der Waals surface area contributed by atoms with E-state index in [1.165, 1.54) is 6.42 Å². The highest BCUT2D eigenvalue weighted by Crippen LogP contribution is 2.24. The van der Waals surface area contributed by atoms with Gasteiger partial charge in [0.05, 0.1) is 12.3 Å². The van der Waals surface area contributed by atoms with Crippen LogP contribution in [0, 0.1) is 5.92 Å². The molecule has 1 unspecified atom stereocenters. The maximum absolute atomic E-state index is 12.0. The summed E-state index contributed by atoms with van der Waals surface area (Å²) in [6.07, 6.45) is 2.66. The fourth-order valence-corrected chi connectivity index (χ4v) is 2.44. The first-order valence-corrected chi connectivity index (χ1v) is 7.51. The van der Waals surface area contributed by atoms with Crippen molar-refractivity contribution in [2.45, 2.75) is 19.3 Å². The maximum Gasteiger partial charge on any atom is 0.224 e. The molecule has 1 fully saturated rings. The van der Waals surface area contributed by atoms with Gasteiger partial charge in [0, 0.05) is 13.5 Å².